The third-order valence-electron chi connectivity index (χ3n) is 7.10. The maximum absolute atomic E-state index is 13.6. The minimum atomic E-state index is -0.671. The van der Waals surface area contributed by atoms with Crippen molar-refractivity contribution in [3.63, 3.8) is 0 Å². The van der Waals surface area contributed by atoms with Gasteiger partial charge in [-0.3, -0.25) is 14.6 Å². The first-order valence-electron chi connectivity index (χ1n) is 12.3. The number of carbonyl (C=O) groups is 2. The van der Waals surface area contributed by atoms with Crippen LogP contribution in [0.1, 0.15) is 48.3 Å². The van der Waals surface area contributed by atoms with Gasteiger partial charge >= 0.3 is 5.97 Å². The van der Waals surface area contributed by atoms with E-state index in [4.69, 9.17) is 21.3 Å². The number of benzene rings is 3. The Hall–Kier alpha value is -3.50. The second kappa shape index (κ2) is 10.6. The zero-order chi connectivity index (χ0) is 25.1. The lowest BCUT2D eigenvalue weighted by molar-refractivity contribution is -0.146. The van der Waals surface area contributed by atoms with Crippen molar-refractivity contribution in [2.75, 3.05) is 6.61 Å². The molecule has 0 bridgehead atoms. The lowest BCUT2D eigenvalue weighted by atomic mass is 9.69. The number of allylic oxidation sites excluding steroid dienone is 2. The second-order valence-corrected chi connectivity index (χ2v) is 9.90. The summed E-state index contributed by atoms with van der Waals surface area (Å²) in [5.41, 5.74) is 5.14. The van der Waals surface area contributed by atoms with Crippen LogP contribution in [0.25, 0.3) is 0 Å². The number of esters is 1. The topological polar surface area (TPSA) is 55.7 Å². The van der Waals surface area contributed by atoms with Crippen LogP contribution in [0.5, 0.6) is 0 Å². The van der Waals surface area contributed by atoms with Crippen LogP contribution < -0.4 is 0 Å². The van der Waals surface area contributed by atoms with Crippen molar-refractivity contribution >= 4 is 29.1 Å². The Labute approximate surface area is 216 Å². The van der Waals surface area contributed by atoms with Crippen LogP contribution >= 0.6 is 11.6 Å². The van der Waals surface area contributed by atoms with Gasteiger partial charge in [0.25, 0.3) is 0 Å². The molecule has 36 heavy (non-hydrogen) atoms. The molecule has 0 saturated carbocycles. The number of rotatable bonds is 6. The standard InChI is InChI=1S/C31H28ClNO3/c1-20-28(31(35)36-16-15-21-9-4-2-5-10-21)29(23-13-8-14-25(32)17-23)30-26(33-20)18-24(19-27(30)34)22-11-6-3-7-12-22/h2-14,17,24,28-29H,15-16,18-19H2,1H3/t24-,28?,29-/m1/s1. The number of nitrogens with zero attached hydrogens (tertiary/aromatic N) is 1. The molecule has 3 aromatic carbocycles. The molecule has 1 aliphatic heterocycles. The van der Waals surface area contributed by atoms with E-state index in [1.165, 1.54) is 0 Å². The van der Waals surface area contributed by atoms with Gasteiger partial charge < -0.3 is 4.74 Å². The van der Waals surface area contributed by atoms with Gasteiger partial charge in [0.2, 0.25) is 0 Å². The average Bonchev–Trinajstić information content (AvgIpc) is 2.89. The predicted octanol–water partition coefficient (Wildman–Crippen LogP) is 6.70. The van der Waals surface area contributed by atoms with Crippen molar-refractivity contribution in [2.45, 2.75) is 38.0 Å². The van der Waals surface area contributed by atoms with Gasteiger partial charge in [0.1, 0.15) is 5.92 Å². The van der Waals surface area contributed by atoms with Crippen molar-refractivity contribution < 1.29 is 14.3 Å². The highest BCUT2D eigenvalue weighted by atomic mass is 35.5. The van der Waals surface area contributed by atoms with E-state index >= 15 is 0 Å². The number of aliphatic imine (C=N–C) groups is 1. The fourth-order valence-corrected chi connectivity index (χ4v) is 5.59. The SMILES string of the molecule is CC1=NC2=C(C(=O)C[C@H](c3ccccc3)C2)[C@H](c2cccc(Cl)c2)C1C(=O)OCCc1ccccc1. The number of hydrogen-bond donors (Lipinski definition) is 0. The largest absolute Gasteiger partial charge is 0.465 e. The van der Waals surface area contributed by atoms with E-state index in [9.17, 15) is 9.59 Å². The van der Waals surface area contributed by atoms with Gasteiger partial charge in [-0.15, -0.1) is 0 Å². The molecule has 4 nitrogen and oxygen atoms in total. The normalized spacial score (nSPS) is 21.6. The monoisotopic (exact) mass is 497 g/mol. The molecule has 182 valence electrons. The van der Waals surface area contributed by atoms with Crippen LogP contribution in [0.15, 0.2) is 101 Å². The number of carbonyl (C=O) groups excluding carboxylic acids is 2. The van der Waals surface area contributed by atoms with Crippen LogP contribution in [-0.4, -0.2) is 24.1 Å². The van der Waals surface area contributed by atoms with E-state index in [0.29, 0.717) is 35.6 Å². The van der Waals surface area contributed by atoms with Crippen molar-refractivity contribution in [3.8, 4) is 0 Å². The molecule has 5 rings (SSSR count). The number of hydrogen-bond acceptors (Lipinski definition) is 4. The molecule has 0 aromatic heterocycles. The number of halogens is 1. The molecule has 0 amide bonds. The lowest BCUT2D eigenvalue weighted by Crippen LogP contribution is -2.38. The van der Waals surface area contributed by atoms with Gasteiger partial charge in [-0.25, -0.2) is 0 Å². The van der Waals surface area contributed by atoms with Gasteiger partial charge in [0.15, 0.2) is 5.78 Å². The predicted molar refractivity (Wildman–Crippen MR) is 142 cm³/mol. The lowest BCUT2D eigenvalue weighted by Gasteiger charge is -2.36. The molecule has 1 heterocycles. The van der Waals surface area contributed by atoms with Crippen molar-refractivity contribution in [2.24, 2.45) is 10.9 Å². The molecule has 1 aliphatic carbocycles. The average molecular weight is 498 g/mol. The summed E-state index contributed by atoms with van der Waals surface area (Å²) in [6, 6.07) is 27.4. The minimum absolute atomic E-state index is 0.0356. The first-order valence-corrected chi connectivity index (χ1v) is 12.7. The van der Waals surface area contributed by atoms with Crippen LogP contribution in [0.4, 0.5) is 0 Å². The summed E-state index contributed by atoms with van der Waals surface area (Å²) in [6.07, 6.45) is 1.68. The third kappa shape index (κ3) is 5.05. The molecule has 3 aromatic rings. The van der Waals surface area contributed by atoms with Crippen molar-refractivity contribution in [1.29, 1.82) is 0 Å². The summed E-state index contributed by atoms with van der Waals surface area (Å²) >= 11 is 6.35. The molecule has 0 radical (unpaired) electrons. The molecular weight excluding hydrogens is 470 g/mol. The maximum atomic E-state index is 13.6. The second-order valence-electron chi connectivity index (χ2n) is 9.47. The van der Waals surface area contributed by atoms with Gasteiger partial charge in [0.05, 0.1) is 6.61 Å². The zero-order valence-corrected chi connectivity index (χ0v) is 20.9. The fourth-order valence-electron chi connectivity index (χ4n) is 5.39. The Bertz CT molecular complexity index is 1330. The van der Waals surface area contributed by atoms with Gasteiger partial charge in [0, 0.05) is 40.8 Å². The number of ether oxygens (including phenoxy) is 1. The minimum Gasteiger partial charge on any atom is -0.465 e. The summed E-state index contributed by atoms with van der Waals surface area (Å²) in [6.45, 7) is 2.13. The Kier molecular flexibility index (Phi) is 7.15. The van der Waals surface area contributed by atoms with Gasteiger partial charge in [-0.05, 0) is 48.1 Å². The van der Waals surface area contributed by atoms with E-state index in [1.807, 2.05) is 73.7 Å². The zero-order valence-electron chi connectivity index (χ0n) is 20.2. The molecule has 3 atom stereocenters. The Morgan fingerprint density at radius 1 is 0.944 bits per heavy atom. The summed E-state index contributed by atoms with van der Waals surface area (Å²) in [5.74, 6) is -1.39. The van der Waals surface area contributed by atoms with Crippen LogP contribution in [0, 0.1) is 5.92 Å². The van der Waals surface area contributed by atoms with E-state index in [-0.39, 0.29) is 24.3 Å². The molecule has 0 spiro atoms. The van der Waals surface area contributed by atoms with Gasteiger partial charge in [-0.1, -0.05) is 84.4 Å². The summed E-state index contributed by atoms with van der Waals surface area (Å²) in [7, 11) is 0. The molecule has 5 heteroatoms. The number of ketones is 1. The van der Waals surface area contributed by atoms with E-state index < -0.39 is 11.8 Å². The maximum Gasteiger partial charge on any atom is 0.315 e. The summed E-state index contributed by atoms with van der Waals surface area (Å²) in [4.78, 5) is 31.9. The number of Topliss-reactive ketones (excluding diaryl/α,β-unsaturated/α-hetero) is 1. The summed E-state index contributed by atoms with van der Waals surface area (Å²) < 4.78 is 5.76. The highest BCUT2D eigenvalue weighted by molar-refractivity contribution is 6.30. The Balaban J connectivity index is 1.46. The highest BCUT2D eigenvalue weighted by Gasteiger charge is 2.44. The van der Waals surface area contributed by atoms with Crippen LogP contribution in [0.2, 0.25) is 5.02 Å². The third-order valence-corrected chi connectivity index (χ3v) is 7.33. The molecular formula is C31H28ClNO3. The van der Waals surface area contributed by atoms with E-state index in [2.05, 4.69) is 12.1 Å². The summed E-state index contributed by atoms with van der Waals surface area (Å²) in [5, 5.41) is 0.566. The van der Waals surface area contributed by atoms with Crippen LogP contribution in [-0.2, 0) is 20.7 Å². The Morgan fingerprint density at radius 3 is 2.36 bits per heavy atom. The molecule has 0 fully saturated rings. The Morgan fingerprint density at radius 2 is 1.64 bits per heavy atom. The first kappa shape index (κ1) is 24.2. The van der Waals surface area contributed by atoms with Gasteiger partial charge in [-0.2, -0.15) is 0 Å². The van der Waals surface area contributed by atoms with E-state index in [0.717, 1.165) is 22.4 Å². The highest BCUT2D eigenvalue weighted by Crippen LogP contribution is 2.47. The molecule has 0 saturated heterocycles. The van der Waals surface area contributed by atoms with Crippen molar-refractivity contribution in [3.05, 3.63) is 118 Å². The fraction of sp³-hybridized carbons (Fsp3) is 0.258. The quantitative estimate of drug-likeness (QED) is 0.356. The first-order chi connectivity index (χ1) is 17.5. The smallest absolute Gasteiger partial charge is 0.315 e. The van der Waals surface area contributed by atoms with Crippen molar-refractivity contribution in [1.82, 2.24) is 0 Å². The molecule has 1 unspecified atom stereocenters. The van der Waals surface area contributed by atoms with Crippen LogP contribution in [0.3, 0.4) is 0 Å². The van der Waals surface area contributed by atoms with E-state index in [1.54, 1.807) is 6.07 Å². The molecule has 0 N–H and O–H groups in total. The molecule has 2 aliphatic rings.